The quantitative estimate of drug-likeness (QED) is 0.561. The smallest absolute Gasteiger partial charge is 0.191 e. The van der Waals surface area contributed by atoms with Crippen LogP contribution in [0.25, 0.3) is 0 Å². The minimum absolute atomic E-state index is 0.504. The normalized spacial score (nSPS) is 16.3. The SMILES string of the molecule is CCCN(CC)CCNC(=NC)NC1CCN(c2ccccc2)CC1. The number of rotatable bonds is 8. The number of guanidine groups is 1. The van der Waals surface area contributed by atoms with Gasteiger partial charge in [0.2, 0.25) is 0 Å². The summed E-state index contributed by atoms with van der Waals surface area (Å²) in [6.45, 7) is 10.9. The molecule has 1 heterocycles. The first kappa shape index (κ1) is 19.6. The molecule has 0 aliphatic carbocycles. The second kappa shape index (κ2) is 11.0. The molecule has 0 spiro atoms. The second-order valence-electron chi connectivity index (χ2n) is 6.67. The summed E-state index contributed by atoms with van der Waals surface area (Å²) in [6.07, 6.45) is 3.50. The van der Waals surface area contributed by atoms with Gasteiger partial charge >= 0.3 is 0 Å². The molecule has 0 radical (unpaired) electrons. The summed E-state index contributed by atoms with van der Waals surface area (Å²) in [5, 5.41) is 7.06. The lowest BCUT2D eigenvalue weighted by atomic mass is 10.0. The molecular weight excluding hydrogens is 310 g/mol. The Balaban J connectivity index is 1.70. The van der Waals surface area contributed by atoms with Gasteiger partial charge in [0.15, 0.2) is 5.96 Å². The van der Waals surface area contributed by atoms with E-state index in [2.05, 4.69) is 69.6 Å². The molecule has 140 valence electrons. The van der Waals surface area contributed by atoms with Gasteiger partial charge in [0.25, 0.3) is 0 Å². The number of hydrogen-bond acceptors (Lipinski definition) is 3. The molecule has 0 aromatic heterocycles. The van der Waals surface area contributed by atoms with Crippen molar-refractivity contribution in [1.82, 2.24) is 15.5 Å². The van der Waals surface area contributed by atoms with Crippen LogP contribution in [0.5, 0.6) is 0 Å². The molecule has 0 bridgehead atoms. The van der Waals surface area contributed by atoms with Crippen molar-refractivity contribution in [3.05, 3.63) is 30.3 Å². The third-order valence-electron chi connectivity index (χ3n) is 4.89. The molecule has 1 fully saturated rings. The van der Waals surface area contributed by atoms with Crippen LogP contribution in [0.2, 0.25) is 0 Å². The lowest BCUT2D eigenvalue weighted by Crippen LogP contribution is -2.49. The zero-order valence-corrected chi connectivity index (χ0v) is 16.2. The number of hydrogen-bond donors (Lipinski definition) is 2. The van der Waals surface area contributed by atoms with Crippen LogP contribution in [0.4, 0.5) is 5.69 Å². The molecule has 2 N–H and O–H groups in total. The van der Waals surface area contributed by atoms with Gasteiger partial charge in [0.05, 0.1) is 0 Å². The van der Waals surface area contributed by atoms with Crippen molar-refractivity contribution >= 4 is 11.6 Å². The van der Waals surface area contributed by atoms with Crippen molar-refractivity contribution in [2.75, 3.05) is 51.2 Å². The van der Waals surface area contributed by atoms with E-state index in [-0.39, 0.29) is 0 Å². The lowest BCUT2D eigenvalue weighted by Gasteiger charge is -2.34. The van der Waals surface area contributed by atoms with Gasteiger partial charge in [-0.05, 0) is 44.5 Å². The minimum Gasteiger partial charge on any atom is -0.371 e. The summed E-state index contributed by atoms with van der Waals surface area (Å²) in [5.41, 5.74) is 1.33. The molecular formula is C20H35N5. The Morgan fingerprint density at radius 1 is 1.16 bits per heavy atom. The maximum absolute atomic E-state index is 4.39. The minimum atomic E-state index is 0.504. The van der Waals surface area contributed by atoms with E-state index in [1.54, 1.807) is 0 Å². The van der Waals surface area contributed by atoms with E-state index in [0.717, 1.165) is 51.5 Å². The molecule has 1 aliphatic rings. The average molecular weight is 346 g/mol. The third-order valence-corrected chi connectivity index (χ3v) is 4.89. The van der Waals surface area contributed by atoms with Crippen LogP contribution in [0.3, 0.4) is 0 Å². The fourth-order valence-electron chi connectivity index (χ4n) is 3.39. The van der Waals surface area contributed by atoms with Crippen LogP contribution in [0, 0.1) is 0 Å². The molecule has 0 saturated carbocycles. The molecule has 0 unspecified atom stereocenters. The van der Waals surface area contributed by atoms with Gasteiger partial charge < -0.3 is 20.4 Å². The number of anilines is 1. The topological polar surface area (TPSA) is 42.9 Å². The summed E-state index contributed by atoms with van der Waals surface area (Å²) in [6, 6.07) is 11.2. The molecule has 0 amide bonds. The molecule has 25 heavy (non-hydrogen) atoms. The van der Waals surface area contributed by atoms with E-state index in [1.165, 1.54) is 18.7 Å². The highest BCUT2D eigenvalue weighted by Gasteiger charge is 2.20. The van der Waals surface area contributed by atoms with Gasteiger partial charge in [-0.25, -0.2) is 0 Å². The number of nitrogens with one attached hydrogen (secondary N) is 2. The number of aliphatic imine (C=N–C) groups is 1. The predicted molar refractivity (Wildman–Crippen MR) is 109 cm³/mol. The van der Waals surface area contributed by atoms with Gasteiger partial charge in [0, 0.05) is 45.0 Å². The van der Waals surface area contributed by atoms with Crippen LogP contribution in [0.1, 0.15) is 33.1 Å². The molecule has 1 aliphatic heterocycles. The third kappa shape index (κ3) is 6.58. The predicted octanol–water partition coefficient (Wildman–Crippen LogP) is 2.55. The zero-order chi connectivity index (χ0) is 17.9. The first-order valence-electron chi connectivity index (χ1n) is 9.76. The monoisotopic (exact) mass is 345 g/mol. The summed E-state index contributed by atoms with van der Waals surface area (Å²) in [7, 11) is 1.86. The van der Waals surface area contributed by atoms with Crippen LogP contribution < -0.4 is 15.5 Å². The number of piperidine rings is 1. The highest BCUT2D eigenvalue weighted by Crippen LogP contribution is 2.19. The van der Waals surface area contributed by atoms with Gasteiger partial charge in [-0.2, -0.15) is 0 Å². The Kier molecular flexibility index (Phi) is 8.60. The van der Waals surface area contributed by atoms with E-state index in [9.17, 15) is 0 Å². The van der Waals surface area contributed by atoms with E-state index < -0.39 is 0 Å². The maximum Gasteiger partial charge on any atom is 0.191 e. The maximum atomic E-state index is 4.39. The zero-order valence-electron chi connectivity index (χ0n) is 16.2. The van der Waals surface area contributed by atoms with E-state index in [0.29, 0.717) is 6.04 Å². The van der Waals surface area contributed by atoms with Gasteiger partial charge in [-0.1, -0.05) is 32.0 Å². The van der Waals surface area contributed by atoms with Crippen molar-refractivity contribution in [2.24, 2.45) is 4.99 Å². The Morgan fingerprint density at radius 3 is 2.48 bits per heavy atom. The second-order valence-corrected chi connectivity index (χ2v) is 6.67. The van der Waals surface area contributed by atoms with Gasteiger partial charge in [-0.3, -0.25) is 4.99 Å². The Hall–Kier alpha value is -1.75. The van der Waals surface area contributed by atoms with Crippen molar-refractivity contribution < 1.29 is 0 Å². The van der Waals surface area contributed by atoms with Gasteiger partial charge in [0.1, 0.15) is 0 Å². The molecule has 2 rings (SSSR count). The molecule has 1 aromatic rings. The van der Waals surface area contributed by atoms with Crippen molar-refractivity contribution in [2.45, 2.75) is 39.2 Å². The fourth-order valence-corrected chi connectivity index (χ4v) is 3.39. The van der Waals surface area contributed by atoms with Crippen LogP contribution in [0.15, 0.2) is 35.3 Å². The van der Waals surface area contributed by atoms with Crippen molar-refractivity contribution in [3.8, 4) is 0 Å². The standard InChI is InChI=1S/C20H35N5/c1-4-14-24(5-2)17-13-22-20(21-3)23-18-11-15-25(16-12-18)19-9-7-6-8-10-19/h6-10,18H,4-5,11-17H2,1-3H3,(H2,21,22,23). The summed E-state index contributed by atoms with van der Waals surface area (Å²) in [4.78, 5) is 9.33. The first-order valence-corrected chi connectivity index (χ1v) is 9.76. The Morgan fingerprint density at radius 2 is 1.88 bits per heavy atom. The van der Waals surface area contributed by atoms with Gasteiger partial charge in [-0.15, -0.1) is 0 Å². The van der Waals surface area contributed by atoms with E-state index in [1.807, 2.05) is 7.05 Å². The van der Waals surface area contributed by atoms with Crippen LogP contribution >= 0.6 is 0 Å². The van der Waals surface area contributed by atoms with E-state index in [4.69, 9.17) is 0 Å². The lowest BCUT2D eigenvalue weighted by molar-refractivity contribution is 0.292. The number of likely N-dealkylation sites (N-methyl/N-ethyl adjacent to an activating group) is 1. The van der Waals surface area contributed by atoms with E-state index >= 15 is 0 Å². The summed E-state index contributed by atoms with van der Waals surface area (Å²) in [5.74, 6) is 0.936. The highest BCUT2D eigenvalue weighted by molar-refractivity contribution is 5.80. The first-order chi connectivity index (χ1) is 12.3. The molecule has 5 heteroatoms. The molecule has 1 aromatic carbocycles. The molecule has 0 atom stereocenters. The Labute approximate surface area is 153 Å². The van der Waals surface area contributed by atoms with Crippen molar-refractivity contribution in [3.63, 3.8) is 0 Å². The summed E-state index contributed by atoms with van der Waals surface area (Å²) >= 11 is 0. The fraction of sp³-hybridized carbons (Fsp3) is 0.650. The molecule has 5 nitrogen and oxygen atoms in total. The van der Waals surface area contributed by atoms with Crippen LogP contribution in [-0.4, -0.2) is 63.2 Å². The molecule has 1 saturated heterocycles. The Bertz CT molecular complexity index is 494. The van der Waals surface area contributed by atoms with Crippen LogP contribution in [-0.2, 0) is 0 Å². The number of nitrogens with zero attached hydrogens (tertiary/aromatic N) is 3. The van der Waals surface area contributed by atoms with Crippen molar-refractivity contribution in [1.29, 1.82) is 0 Å². The average Bonchev–Trinajstić information content (AvgIpc) is 2.67. The number of para-hydroxylation sites is 1. The number of benzene rings is 1. The summed E-state index contributed by atoms with van der Waals surface area (Å²) < 4.78 is 0. The highest BCUT2D eigenvalue weighted by atomic mass is 15.2. The largest absolute Gasteiger partial charge is 0.371 e.